The van der Waals surface area contributed by atoms with E-state index in [0.29, 0.717) is 5.69 Å². The van der Waals surface area contributed by atoms with E-state index in [1.54, 1.807) is 6.20 Å². The number of piperazine rings is 1. The maximum Gasteiger partial charge on any atom is 0.246 e. The Kier molecular flexibility index (Phi) is 2.94. The van der Waals surface area contributed by atoms with E-state index < -0.39 is 11.8 Å². The minimum Gasteiger partial charge on any atom is -0.324 e. The Hall–Kier alpha value is -2.70. The molecule has 0 aliphatic carbocycles. The average molecular weight is 272 g/mol. The van der Waals surface area contributed by atoms with Gasteiger partial charge in [-0.25, -0.2) is 4.98 Å². The predicted molar refractivity (Wildman–Crippen MR) is 68.6 cm³/mol. The van der Waals surface area contributed by atoms with Gasteiger partial charge >= 0.3 is 0 Å². The van der Waals surface area contributed by atoms with E-state index in [1.165, 1.54) is 4.90 Å². The standard InChI is InChI=1S/C13H12N4O3/c18-11-7-17(8-12(19)15-11)13(20)5-9-6-16-4-2-1-3-10(16)14-9/h1-4,6H,5,7-8H2,(H,15,18,19). The lowest BCUT2D eigenvalue weighted by Gasteiger charge is -2.25. The molecule has 3 amide bonds. The molecule has 1 N–H and O–H groups in total. The number of imide groups is 1. The minimum absolute atomic E-state index is 0.0717. The third kappa shape index (κ3) is 2.37. The van der Waals surface area contributed by atoms with Crippen LogP contribution in [0.2, 0.25) is 0 Å². The van der Waals surface area contributed by atoms with Crippen LogP contribution in [-0.4, -0.2) is 45.1 Å². The lowest BCUT2D eigenvalue weighted by Crippen LogP contribution is -2.53. The highest BCUT2D eigenvalue weighted by Crippen LogP contribution is 2.07. The van der Waals surface area contributed by atoms with E-state index in [1.807, 2.05) is 28.8 Å². The molecule has 0 spiro atoms. The number of nitrogens with one attached hydrogen (secondary N) is 1. The largest absolute Gasteiger partial charge is 0.324 e. The smallest absolute Gasteiger partial charge is 0.246 e. The zero-order valence-corrected chi connectivity index (χ0v) is 10.6. The zero-order chi connectivity index (χ0) is 14.1. The summed E-state index contributed by atoms with van der Waals surface area (Å²) >= 11 is 0. The summed E-state index contributed by atoms with van der Waals surface area (Å²) in [6, 6.07) is 5.57. The van der Waals surface area contributed by atoms with Crippen LogP contribution in [0.1, 0.15) is 5.69 Å². The van der Waals surface area contributed by atoms with E-state index >= 15 is 0 Å². The molecule has 102 valence electrons. The highest BCUT2D eigenvalue weighted by Gasteiger charge is 2.26. The Morgan fingerprint density at radius 3 is 2.70 bits per heavy atom. The van der Waals surface area contributed by atoms with Crippen LogP contribution in [-0.2, 0) is 20.8 Å². The van der Waals surface area contributed by atoms with Crippen molar-refractivity contribution in [1.29, 1.82) is 0 Å². The van der Waals surface area contributed by atoms with Crippen molar-refractivity contribution in [1.82, 2.24) is 19.6 Å². The van der Waals surface area contributed by atoms with Crippen LogP contribution in [0.25, 0.3) is 5.65 Å². The number of rotatable bonds is 2. The van der Waals surface area contributed by atoms with Gasteiger partial charge in [0.1, 0.15) is 18.7 Å². The monoisotopic (exact) mass is 272 g/mol. The molecule has 0 bridgehead atoms. The second kappa shape index (κ2) is 4.76. The van der Waals surface area contributed by atoms with E-state index in [4.69, 9.17) is 0 Å². The molecule has 2 aromatic rings. The highest BCUT2D eigenvalue weighted by molar-refractivity contribution is 6.02. The summed E-state index contributed by atoms with van der Waals surface area (Å²) in [6.45, 7) is -0.171. The first-order valence-electron chi connectivity index (χ1n) is 6.15. The SMILES string of the molecule is O=C1CN(C(=O)Cc2cn3ccccc3n2)CC(=O)N1. The molecule has 3 heterocycles. The van der Waals surface area contributed by atoms with Crippen LogP contribution in [0, 0.1) is 0 Å². The molecule has 0 radical (unpaired) electrons. The van der Waals surface area contributed by atoms with Crippen molar-refractivity contribution in [3.05, 3.63) is 36.3 Å². The van der Waals surface area contributed by atoms with Gasteiger partial charge in [0.25, 0.3) is 0 Å². The molecule has 1 saturated heterocycles. The fourth-order valence-electron chi connectivity index (χ4n) is 2.15. The third-order valence-corrected chi connectivity index (χ3v) is 3.05. The zero-order valence-electron chi connectivity index (χ0n) is 10.6. The fraction of sp³-hybridized carbons (Fsp3) is 0.231. The van der Waals surface area contributed by atoms with Gasteiger partial charge in [-0.15, -0.1) is 0 Å². The number of fused-ring (bicyclic) bond motifs is 1. The molecule has 1 fully saturated rings. The maximum atomic E-state index is 12.1. The van der Waals surface area contributed by atoms with Crippen LogP contribution in [0.15, 0.2) is 30.6 Å². The van der Waals surface area contributed by atoms with Crippen molar-refractivity contribution in [3.8, 4) is 0 Å². The number of hydrogen-bond acceptors (Lipinski definition) is 4. The molecule has 0 saturated carbocycles. The van der Waals surface area contributed by atoms with E-state index in [-0.39, 0.29) is 25.4 Å². The van der Waals surface area contributed by atoms with Crippen LogP contribution >= 0.6 is 0 Å². The van der Waals surface area contributed by atoms with Gasteiger partial charge in [-0.3, -0.25) is 19.7 Å². The fourth-order valence-corrected chi connectivity index (χ4v) is 2.15. The first-order chi connectivity index (χ1) is 9.61. The van der Waals surface area contributed by atoms with Crippen LogP contribution in [0.4, 0.5) is 0 Å². The Bertz CT molecular complexity index is 657. The van der Waals surface area contributed by atoms with E-state index in [2.05, 4.69) is 10.3 Å². The molecular formula is C13H12N4O3. The maximum absolute atomic E-state index is 12.1. The van der Waals surface area contributed by atoms with Crippen molar-refractivity contribution in [2.75, 3.05) is 13.1 Å². The van der Waals surface area contributed by atoms with Crippen LogP contribution in [0.5, 0.6) is 0 Å². The molecule has 7 heteroatoms. The molecule has 1 aliphatic heterocycles. The number of pyridine rings is 1. The molecule has 1 aliphatic rings. The summed E-state index contributed by atoms with van der Waals surface area (Å²) < 4.78 is 1.82. The Balaban J connectivity index is 1.75. The van der Waals surface area contributed by atoms with Crippen molar-refractivity contribution in [2.24, 2.45) is 0 Å². The second-order valence-electron chi connectivity index (χ2n) is 4.60. The molecule has 0 aromatic carbocycles. The van der Waals surface area contributed by atoms with Gasteiger partial charge in [-0.1, -0.05) is 6.07 Å². The van der Waals surface area contributed by atoms with Crippen molar-refractivity contribution < 1.29 is 14.4 Å². The first-order valence-corrected chi connectivity index (χ1v) is 6.15. The summed E-state index contributed by atoms with van der Waals surface area (Å²) in [6.07, 6.45) is 3.68. The summed E-state index contributed by atoms with van der Waals surface area (Å²) in [5.41, 5.74) is 1.36. The molecule has 0 unspecified atom stereocenters. The van der Waals surface area contributed by atoms with Gasteiger partial charge in [0.05, 0.1) is 12.1 Å². The summed E-state index contributed by atoms with van der Waals surface area (Å²) in [5, 5.41) is 2.16. The highest BCUT2D eigenvalue weighted by atomic mass is 16.2. The van der Waals surface area contributed by atoms with Gasteiger partial charge in [-0.05, 0) is 12.1 Å². The normalized spacial score (nSPS) is 15.5. The first kappa shape index (κ1) is 12.3. The number of carbonyl (C=O) groups is 3. The summed E-state index contributed by atoms with van der Waals surface area (Å²) in [4.78, 5) is 40.1. The number of hydrogen-bond donors (Lipinski definition) is 1. The minimum atomic E-state index is -0.454. The van der Waals surface area contributed by atoms with E-state index in [9.17, 15) is 14.4 Å². The van der Waals surface area contributed by atoms with Crippen LogP contribution in [0.3, 0.4) is 0 Å². The quantitative estimate of drug-likeness (QED) is 0.737. The Morgan fingerprint density at radius 1 is 1.25 bits per heavy atom. The third-order valence-electron chi connectivity index (χ3n) is 3.05. The van der Waals surface area contributed by atoms with Gasteiger partial charge in [0.2, 0.25) is 17.7 Å². The molecule has 7 nitrogen and oxygen atoms in total. The van der Waals surface area contributed by atoms with E-state index in [0.717, 1.165) is 5.65 Å². The van der Waals surface area contributed by atoms with Gasteiger partial charge < -0.3 is 9.30 Å². The second-order valence-corrected chi connectivity index (χ2v) is 4.60. The topological polar surface area (TPSA) is 83.8 Å². The number of imidazole rings is 1. The number of nitrogens with zero attached hydrogens (tertiary/aromatic N) is 3. The average Bonchev–Trinajstić information content (AvgIpc) is 2.79. The summed E-state index contributed by atoms with van der Waals surface area (Å²) in [5.74, 6) is -1.19. The molecular weight excluding hydrogens is 260 g/mol. The molecule has 0 atom stereocenters. The number of amides is 3. The summed E-state index contributed by atoms with van der Waals surface area (Å²) in [7, 11) is 0. The molecule has 3 rings (SSSR count). The lowest BCUT2D eigenvalue weighted by molar-refractivity contribution is -0.145. The Morgan fingerprint density at radius 2 is 2.00 bits per heavy atom. The van der Waals surface area contributed by atoms with Crippen molar-refractivity contribution in [2.45, 2.75) is 6.42 Å². The number of aromatic nitrogens is 2. The van der Waals surface area contributed by atoms with Crippen molar-refractivity contribution >= 4 is 23.4 Å². The van der Waals surface area contributed by atoms with Gasteiger partial charge in [0.15, 0.2) is 0 Å². The van der Waals surface area contributed by atoms with Gasteiger partial charge in [-0.2, -0.15) is 0 Å². The lowest BCUT2D eigenvalue weighted by atomic mass is 10.2. The Labute approximate surface area is 114 Å². The molecule has 20 heavy (non-hydrogen) atoms. The number of carbonyl (C=O) groups excluding carboxylic acids is 3. The molecule has 2 aromatic heterocycles. The van der Waals surface area contributed by atoms with Crippen LogP contribution < -0.4 is 5.32 Å². The van der Waals surface area contributed by atoms with Crippen molar-refractivity contribution in [3.63, 3.8) is 0 Å². The van der Waals surface area contributed by atoms with Gasteiger partial charge in [0, 0.05) is 12.4 Å². The predicted octanol–water partition coefficient (Wildman–Crippen LogP) is -0.638.